The number of Topliss-reactive ketones (excluding diaryl/α,β-unsaturated/α-hetero) is 1. The minimum atomic E-state index is -0.312. The number of thiophene rings is 1. The highest BCUT2D eigenvalue weighted by Crippen LogP contribution is 2.36. The van der Waals surface area contributed by atoms with Crippen molar-refractivity contribution in [3.8, 4) is 0 Å². The molecule has 1 aliphatic carbocycles. The number of carbonyl (C=O) groups is 1. The van der Waals surface area contributed by atoms with Crippen LogP contribution in [0.15, 0.2) is 28.2 Å². The van der Waals surface area contributed by atoms with Gasteiger partial charge in [-0.05, 0) is 57.2 Å². The Kier molecular flexibility index (Phi) is 4.72. The van der Waals surface area contributed by atoms with Gasteiger partial charge in [0, 0.05) is 17.5 Å². The highest BCUT2D eigenvalue weighted by Gasteiger charge is 2.25. The van der Waals surface area contributed by atoms with Crippen molar-refractivity contribution in [2.75, 3.05) is 0 Å². The van der Waals surface area contributed by atoms with Crippen molar-refractivity contribution in [3.63, 3.8) is 0 Å². The molecule has 0 fully saturated rings. The number of aromatic nitrogens is 2. The van der Waals surface area contributed by atoms with Crippen LogP contribution < -0.4 is 5.56 Å². The first kappa shape index (κ1) is 18.4. The lowest BCUT2D eigenvalue weighted by Crippen LogP contribution is -2.22. The average Bonchev–Trinajstić information content (AvgIpc) is 3.21. The van der Waals surface area contributed by atoms with Crippen molar-refractivity contribution in [1.29, 1.82) is 0 Å². The molecule has 0 spiro atoms. The zero-order chi connectivity index (χ0) is 19.3. The van der Waals surface area contributed by atoms with Gasteiger partial charge in [-0.3, -0.25) is 14.2 Å². The van der Waals surface area contributed by atoms with Crippen LogP contribution in [-0.4, -0.2) is 20.6 Å². The summed E-state index contributed by atoms with van der Waals surface area (Å²) >= 11 is 3.00. The zero-order valence-corrected chi connectivity index (χ0v) is 17.6. The fourth-order valence-electron chi connectivity index (χ4n) is 3.64. The van der Waals surface area contributed by atoms with Gasteiger partial charge in [-0.1, -0.05) is 29.5 Å². The van der Waals surface area contributed by atoms with Crippen LogP contribution in [0.25, 0.3) is 10.2 Å². The van der Waals surface area contributed by atoms with Crippen LogP contribution >= 0.6 is 23.1 Å². The molecule has 2 aromatic heterocycles. The normalized spacial score (nSPS) is 14.5. The highest BCUT2D eigenvalue weighted by atomic mass is 32.2. The van der Waals surface area contributed by atoms with E-state index >= 15 is 0 Å². The third-order valence-electron chi connectivity index (χ3n) is 5.22. The van der Waals surface area contributed by atoms with Crippen LogP contribution in [0.3, 0.4) is 0 Å². The summed E-state index contributed by atoms with van der Waals surface area (Å²) in [6.45, 7) is 5.83. The van der Waals surface area contributed by atoms with Crippen LogP contribution in [0.5, 0.6) is 0 Å². The maximum atomic E-state index is 13.0. The number of benzene rings is 1. The Hall–Kier alpha value is -1.92. The van der Waals surface area contributed by atoms with Crippen molar-refractivity contribution in [2.24, 2.45) is 7.05 Å². The van der Waals surface area contributed by atoms with E-state index < -0.39 is 0 Å². The second-order valence-corrected chi connectivity index (χ2v) is 9.63. The minimum absolute atomic E-state index is 0.00767. The lowest BCUT2D eigenvalue weighted by atomic mass is 10.0. The van der Waals surface area contributed by atoms with E-state index in [-0.39, 0.29) is 16.6 Å². The Morgan fingerprint density at radius 2 is 2.07 bits per heavy atom. The molecule has 1 atom stereocenters. The van der Waals surface area contributed by atoms with E-state index in [0.29, 0.717) is 5.16 Å². The van der Waals surface area contributed by atoms with Gasteiger partial charge in [0.15, 0.2) is 10.9 Å². The van der Waals surface area contributed by atoms with Gasteiger partial charge >= 0.3 is 0 Å². The number of carbonyl (C=O) groups excluding carboxylic acids is 1. The van der Waals surface area contributed by atoms with E-state index in [0.717, 1.165) is 46.2 Å². The molecule has 140 valence electrons. The molecular weight excluding hydrogens is 376 g/mol. The summed E-state index contributed by atoms with van der Waals surface area (Å²) in [7, 11) is 1.76. The molecule has 0 unspecified atom stereocenters. The number of ketones is 1. The molecule has 2 heterocycles. The summed E-state index contributed by atoms with van der Waals surface area (Å²) in [6.07, 6.45) is 3.14. The Morgan fingerprint density at radius 1 is 1.30 bits per heavy atom. The molecule has 0 saturated heterocycles. The van der Waals surface area contributed by atoms with Crippen molar-refractivity contribution in [1.82, 2.24) is 9.55 Å². The molecule has 27 heavy (non-hydrogen) atoms. The minimum Gasteiger partial charge on any atom is -0.293 e. The Bertz CT molecular complexity index is 1130. The van der Waals surface area contributed by atoms with Crippen molar-refractivity contribution < 1.29 is 4.79 Å². The monoisotopic (exact) mass is 398 g/mol. The number of rotatable bonds is 4. The number of fused-ring (bicyclic) bond motifs is 3. The molecule has 3 aromatic rings. The fraction of sp³-hybridized carbons (Fsp3) is 0.381. The van der Waals surface area contributed by atoms with Crippen LogP contribution in [0.1, 0.15) is 45.3 Å². The average molecular weight is 399 g/mol. The first-order chi connectivity index (χ1) is 12.9. The topological polar surface area (TPSA) is 52.0 Å². The quantitative estimate of drug-likeness (QED) is 0.370. The van der Waals surface area contributed by atoms with E-state index in [4.69, 9.17) is 4.98 Å². The second kappa shape index (κ2) is 6.91. The summed E-state index contributed by atoms with van der Waals surface area (Å²) in [5.74, 6) is 0.0734. The summed E-state index contributed by atoms with van der Waals surface area (Å²) < 4.78 is 1.60. The maximum absolute atomic E-state index is 13.0. The van der Waals surface area contributed by atoms with Crippen molar-refractivity contribution in [3.05, 3.63) is 55.7 Å². The second-order valence-electron chi connectivity index (χ2n) is 7.24. The van der Waals surface area contributed by atoms with E-state index in [2.05, 4.69) is 0 Å². The predicted molar refractivity (Wildman–Crippen MR) is 112 cm³/mol. The van der Waals surface area contributed by atoms with Gasteiger partial charge in [0.1, 0.15) is 4.83 Å². The number of hydrogen-bond donors (Lipinski definition) is 0. The van der Waals surface area contributed by atoms with Crippen molar-refractivity contribution >= 4 is 39.1 Å². The molecule has 4 nitrogen and oxygen atoms in total. The standard InChI is InChI=1S/C21H22N2O2S2/c1-11-8-9-12(2)15(10-11)18(24)13(3)26-21-22-19-17(20(25)23(21)4)14-6-5-7-16(14)27-19/h8-10,13H,5-7H2,1-4H3/t13-/m1/s1. The van der Waals surface area contributed by atoms with E-state index in [1.807, 2.05) is 39.0 Å². The fourth-order valence-corrected chi connectivity index (χ4v) is 5.89. The molecule has 4 rings (SSSR count). The van der Waals surface area contributed by atoms with Gasteiger partial charge in [-0.2, -0.15) is 0 Å². The number of aryl methyl sites for hydroxylation is 4. The lowest BCUT2D eigenvalue weighted by molar-refractivity contribution is 0.0993. The van der Waals surface area contributed by atoms with E-state index in [1.165, 1.54) is 22.2 Å². The summed E-state index contributed by atoms with van der Waals surface area (Å²) in [6, 6.07) is 5.93. The van der Waals surface area contributed by atoms with Gasteiger partial charge in [-0.25, -0.2) is 4.98 Å². The SMILES string of the molecule is Cc1ccc(C)c(C(=O)[C@@H](C)Sc2nc3sc4c(c3c(=O)n2C)CCC4)c1. The molecule has 0 radical (unpaired) electrons. The molecule has 1 aromatic carbocycles. The molecule has 0 aliphatic heterocycles. The summed E-state index contributed by atoms with van der Waals surface area (Å²) in [4.78, 5) is 32.7. The van der Waals surface area contributed by atoms with Gasteiger partial charge in [0.2, 0.25) is 0 Å². The lowest BCUT2D eigenvalue weighted by Gasteiger charge is -2.14. The smallest absolute Gasteiger partial charge is 0.262 e. The Labute approximate surface area is 166 Å². The van der Waals surface area contributed by atoms with Crippen LogP contribution in [0.2, 0.25) is 0 Å². The molecular formula is C21H22N2O2S2. The highest BCUT2D eigenvalue weighted by molar-refractivity contribution is 8.00. The molecule has 0 N–H and O–H groups in total. The summed E-state index contributed by atoms with van der Waals surface area (Å²) in [5, 5.41) is 1.08. The first-order valence-electron chi connectivity index (χ1n) is 9.16. The molecule has 6 heteroatoms. The van der Waals surface area contributed by atoms with Gasteiger partial charge in [0.25, 0.3) is 5.56 Å². The van der Waals surface area contributed by atoms with Gasteiger partial charge in [-0.15, -0.1) is 11.3 Å². The summed E-state index contributed by atoms with van der Waals surface area (Å²) in [5.41, 5.74) is 4.00. The van der Waals surface area contributed by atoms with Crippen LogP contribution in [0.4, 0.5) is 0 Å². The van der Waals surface area contributed by atoms with Crippen molar-refractivity contribution in [2.45, 2.75) is 50.4 Å². The van der Waals surface area contributed by atoms with Gasteiger partial charge < -0.3 is 0 Å². The molecule has 1 aliphatic rings. The van der Waals surface area contributed by atoms with Crippen LogP contribution in [-0.2, 0) is 19.9 Å². The third-order valence-corrected chi connectivity index (χ3v) is 7.54. The molecule has 0 saturated carbocycles. The predicted octanol–water partition coefficient (Wildman–Crippen LogP) is 4.46. The van der Waals surface area contributed by atoms with E-state index in [1.54, 1.807) is 23.0 Å². The number of nitrogens with zero attached hydrogens (tertiary/aromatic N) is 2. The molecule has 0 bridgehead atoms. The molecule has 0 amide bonds. The van der Waals surface area contributed by atoms with E-state index in [9.17, 15) is 9.59 Å². The Balaban J connectivity index is 1.69. The van der Waals surface area contributed by atoms with Gasteiger partial charge in [0.05, 0.1) is 10.6 Å². The first-order valence-corrected chi connectivity index (χ1v) is 10.9. The number of hydrogen-bond acceptors (Lipinski definition) is 5. The third kappa shape index (κ3) is 3.15. The zero-order valence-electron chi connectivity index (χ0n) is 16.0. The number of thioether (sulfide) groups is 1. The maximum Gasteiger partial charge on any atom is 0.262 e. The largest absolute Gasteiger partial charge is 0.293 e. The Morgan fingerprint density at radius 3 is 2.85 bits per heavy atom. The van der Waals surface area contributed by atoms with Crippen LogP contribution in [0, 0.1) is 13.8 Å².